The van der Waals surface area contributed by atoms with Gasteiger partial charge in [0.2, 0.25) is 5.13 Å². The molecule has 0 aliphatic heterocycles. The summed E-state index contributed by atoms with van der Waals surface area (Å²) in [5, 5.41) is 7.62. The average Bonchev–Trinajstić information content (AvgIpc) is 3.07. The third kappa shape index (κ3) is 4.84. The Morgan fingerprint density at radius 2 is 2.00 bits per heavy atom. The van der Waals surface area contributed by atoms with Gasteiger partial charge >= 0.3 is 6.09 Å². The summed E-state index contributed by atoms with van der Waals surface area (Å²) in [6, 6.07) is 8.40. The molecular weight excluding hydrogens is 328 g/mol. The Hall–Kier alpha value is -2.32. The molecule has 0 spiro atoms. The number of hydrogen-bond donors (Lipinski definition) is 1. The predicted molar refractivity (Wildman–Crippen MR) is 91.5 cm³/mol. The van der Waals surface area contributed by atoms with E-state index in [9.17, 15) is 9.59 Å². The zero-order valence-corrected chi connectivity index (χ0v) is 14.4. The van der Waals surface area contributed by atoms with Crippen LogP contribution in [0.4, 0.5) is 9.93 Å². The van der Waals surface area contributed by atoms with E-state index < -0.39 is 18.0 Å². The first-order valence-electron chi connectivity index (χ1n) is 7.55. The topological polar surface area (TPSA) is 98.4 Å². The molecule has 0 aliphatic rings. The minimum Gasteiger partial charge on any atom is -0.444 e. The van der Waals surface area contributed by atoms with Crippen LogP contribution in [0.15, 0.2) is 35.8 Å². The number of aromatic nitrogens is 2. The van der Waals surface area contributed by atoms with Crippen molar-refractivity contribution in [1.29, 1.82) is 0 Å². The second-order valence-electron chi connectivity index (χ2n) is 5.67. The van der Waals surface area contributed by atoms with Gasteiger partial charge < -0.3 is 10.5 Å². The Labute approximate surface area is 144 Å². The van der Waals surface area contributed by atoms with Gasteiger partial charge in [-0.05, 0) is 17.9 Å². The molecule has 0 radical (unpaired) electrons. The van der Waals surface area contributed by atoms with Crippen LogP contribution in [0.1, 0.15) is 25.8 Å². The Kier molecular flexibility index (Phi) is 6.39. The molecule has 0 saturated heterocycles. The molecule has 7 nitrogen and oxygen atoms in total. The summed E-state index contributed by atoms with van der Waals surface area (Å²) in [6.07, 6.45) is -0.347. The summed E-state index contributed by atoms with van der Waals surface area (Å²) in [6.45, 7) is 3.97. The third-order valence-electron chi connectivity index (χ3n) is 3.19. The fourth-order valence-corrected chi connectivity index (χ4v) is 2.64. The van der Waals surface area contributed by atoms with E-state index in [1.165, 1.54) is 5.51 Å². The number of hydrogen-bond acceptors (Lipinski definition) is 7. The summed E-state index contributed by atoms with van der Waals surface area (Å²) in [4.78, 5) is 25.9. The van der Waals surface area contributed by atoms with Gasteiger partial charge in [0.25, 0.3) is 5.91 Å². The number of rotatable bonds is 6. The highest BCUT2D eigenvalue weighted by molar-refractivity contribution is 7.13. The summed E-state index contributed by atoms with van der Waals surface area (Å²) in [5.41, 5.74) is 8.19. The van der Waals surface area contributed by atoms with Gasteiger partial charge in [0.1, 0.15) is 12.1 Å². The summed E-state index contributed by atoms with van der Waals surface area (Å²) < 4.78 is 5.24. The molecule has 1 heterocycles. The van der Waals surface area contributed by atoms with Crippen LogP contribution in [-0.2, 0) is 16.1 Å². The quantitative estimate of drug-likeness (QED) is 0.861. The highest BCUT2D eigenvalue weighted by Gasteiger charge is 2.32. The number of benzene rings is 1. The van der Waals surface area contributed by atoms with Crippen molar-refractivity contribution >= 4 is 28.5 Å². The number of nitrogens with two attached hydrogens (primary N) is 1. The highest BCUT2D eigenvalue weighted by atomic mass is 32.1. The molecule has 1 aromatic carbocycles. The Balaban J connectivity index is 2.11. The minimum absolute atomic E-state index is 0.0572. The van der Waals surface area contributed by atoms with Crippen molar-refractivity contribution in [1.82, 2.24) is 10.2 Å². The molecular formula is C16H20N4O3S. The van der Waals surface area contributed by atoms with Gasteiger partial charge in [0.15, 0.2) is 0 Å². The summed E-state index contributed by atoms with van der Waals surface area (Å²) in [7, 11) is 0. The standard InChI is InChI=1S/C16H20N4O3S/c1-11(2)8-13(17)14(21)20(15-19-18-10-24-15)16(22)23-9-12-6-4-3-5-7-12/h3-7,10-11,13H,8-9,17H2,1-2H3. The van der Waals surface area contributed by atoms with Crippen molar-refractivity contribution in [2.75, 3.05) is 4.90 Å². The highest BCUT2D eigenvalue weighted by Crippen LogP contribution is 2.20. The molecule has 0 saturated carbocycles. The number of imide groups is 1. The maximum atomic E-state index is 12.6. The normalized spacial score (nSPS) is 12.0. The number of anilines is 1. The molecule has 2 rings (SSSR count). The molecule has 128 valence electrons. The van der Waals surface area contributed by atoms with Gasteiger partial charge in [-0.3, -0.25) is 4.79 Å². The second-order valence-corrected chi connectivity index (χ2v) is 6.48. The monoisotopic (exact) mass is 348 g/mol. The first-order valence-corrected chi connectivity index (χ1v) is 8.43. The van der Waals surface area contributed by atoms with Gasteiger partial charge in [-0.15, -0.1) is 10.2 Å². The Morgan fingerprint density at radius 3 is 2.58 bits per heavy atom. The molecule has 2 amide bonds. The maximum absolute atomic E-state index is 12.6. The van der Waals surface area contributed by atoms with Crippen molar-refractivity contribution in [3.63, 3.8) is 0 Å². The molecule has 1 unspecified atom stereocenters. The van der Waals surface area contributed by atoms with E-state index in [-0.39, 0.29) is 17.7 Å². The van der Waals surface area contributed by atoms with E-state index in [4.69, 9.17) is 10.5 Å². The molecule has 1 atom stereocenters. The van der Waals surface area contributed by atoms with Crippen LogP contribution in [0.5, 0.6) is 0 Å². The van der Waals surface area contributed by atoms with Gasteiger partial charge in [-0.2, -0.15) is 4.90 Å². The number of ether oxygens (including phenoxy) is 1. The molecule has 2 aromatic rings. The molecule has 0 aliphatic carbocycles. The fraction of sp³-hybridized carbons (Fsp3) is 0.375. The van der Waals surface area contributed by atoms with Crippen LogP contribution in [0.25, 0.3) is 0 Å². The van der Waals surface area contributed by atoms with Crippen molar-refractivity contribution in [3.8, 4) is 0 Å². The van der Waals surface area contributed by atoms with E-state index >= 15 is 0 Å². The number of carbonyl (C=O) groups excluding carboxylic acids is 2. The summed E-state index contributed by atoms with van der Waals surface area (Å²) >= 11 is 1.07. The Bertz CT molecular complexity index is 661. The van der Waals surface area contributed by atoms with Crippen LogP contribution in [0.3, 0.4) is 0 Å². The van der Waals surface area contributed by atoms with Gasteiger partial charge in [0, 0.05) is 0 Å². The Morgan fingerprint density at radius 1 is 1.29 bits per heavy atom. The molecule has 2 N–H and O–H groups in total. The zero-order chi connectivity index (χ0) is 17.5. The van der Waals surface area contributed by atoms with E-state index in [1.807, 2.05) is 44.2 Å². The van der Waals surface area contributed by atoms with Crippen LogP contribution in [0.2, 0.25) is 0 Å². The van der Waals surface area contributed by atoms with Crippen molar-refractivity contribution in [3.05, 3.63) is 41.4 Å². The van der Waals surface area contributed by atoms with E-state index in [0.29, 0.717) is 6.42 Å². The van der Waals surface area contributed by atoms with E-state index in [2.05, 4.69) is 10.2 Å². The lowest BCUT2D eigenvalue weighted by atomic mass is 10.0. The number of nitrogens with zero attached hydrogens (tertiary/aromatic N) is 3. The fourth-order valence-electron chi connectivity index (χ4n) is 2.09. The molecule has 1 aromatic heterocycles. The minimum atomic E-state index is -0.807. The van der Waals surface area contributed by atoms with Gasteiger partial charge in [-0.1, -0.05) is 55.5 Å². The van der Waals surface area contributed by atoms with Crippen LogP contribution in [0, 0.1) is 5.92 Å². The van der Waals surface area contributed by atoms with Crippen LogP contribution < -0.4 is 10.6 Å². The first kappa shape index (κ1) is 18.0. The first-order chi connectivity index (χ1) is 11.5. The lowest BCUT2D eigenvalue weighted by Gasteiger charge is -2.21. The SMILES string of the molecule is CC(C)CC(N)C(=O)N(C(=O)OCc1ccccc1)c1nncs1. The zero-order valence-electron chi connectivity index (χ0n) is 13.6. The predicted octanol–water partition coefficient (Wildman–Crippen LogP) is 2.58. The average molecular weight is 348 g/mol. The van der Waals surface area contributed by atoms with Gasteiger partial charge in [-0.25, -0.2) is 4.79 Å². The lowest BCUT2D eigenvalue weighted by molar-refractivity contribution is -0.119. The molecule has 0 fully saturated rings. The van der Waals surface area contributed by atoms with Crippen molar-refractivity contribution in [2.45, 2.75) is 32.9 Å². The van der Waals surface area contributed by atoms with Gasteiger partial charge in [0.05, 0.1) is 6.04 Å². The van der Waals surface area contributed by atoms with Crippen LogP contribution >= 0.6 is 11.3 Å². The van der Waals surface area contributed by atoms with E-state index in [1.54, 1.807) is 0 Å². The molecule has 8 heteroatoms. The molecule has 0 bridgehead atoms. The second kappa shape index (κ2) is 8.51. The lowest BCUT2D eigenvalue weighted by Crippen LogP contribution is -2.47. The largest absolute Gasteiger partial charge is 0.444 e. The van der Waals surface area contributed by atoms with Crippen molar-refractivity contribution in [2.24, 2.45) is 11.7 Å². The number of amides is 2. The third-order valence-corrected chi connectivity index (χ3v) is 3.87. The maximum Gasteiger partial charge on any atom is 0.423 e. The van der Waals surface area contributed by atoms with E-state index in [0.717, 1.165) is 21.8 Å². The smallest absolute Gasteiger partial charge is 0.423 e. The number of carbonyl (C=O) groups is 2. The summed E-state index contributed by atoms with van der Waals surface area (Å²) in [5.74, 6) is -0.320. The van der Waals surface area contributed by atoms with Crippen molar-refractivity contribution < 1.29 is 14.3 Å². The molecule has 24 heavy (non-hydrogen) atoms. The van der Waals surface area contributed by atoms with Crippen LogP contribution in [-0.4, -0.2) is 28.2 Å².